The van der Waals surface area contributed by atoms with E-state index in [1.54, 1.807) is 0 Å². The van der Waals surface area contributed by atoms with E-state index in [0.717, 1.165) is 35.8 Å². The molecule has 0 saturated carbocycles. The van der Waals surface area contributed by atoms with Crippen molar-refractivity contribution in [1.82, 2.24) is 19.9 Å². The van der Waals surface area contributed by atoms with Crippen LogP contribution in [0.5, 0.6) is 11.5 Å². The number of likely N-dealkylation sites (N-methyl/N-ethyl adjacent to an activating group) is 2. The van der Waals surface area contributed by atoms with Crippen LogP contribution in [0.4, 0.5) is 23.3 Å². The zero-order valence-electron chi connectivity index (χ0n) is 21.6. The van der Waals surface area contributed by atoms with Gasteiger partial charge in [0.2, 0.25) is 5.95 Å². The fraction of sp³-hybridized carbons (Fsp3) is 0.423. The van der Waals surface area contributed by atoms with E-state index < -0.39 is 0 Å². The summed E-state index contributed by atoms with van der Waals surface area (Å²) in [5.74, 6) is 4.13. The molecule has 0 bridgehead atoms. The first-order chi connectivity index (χ1) is 18.0. The zero-order chi connectivity index (χ0) is 25.8. The van der Waals surface area contributed by atoms with Gasteiger partial charge >= 0.3 is 0 Å². The maximum Gasteiger partial charge on any atom is 0.225 e. The predicted molar refractivity (Wildman–Crippen MR) is 144 cm³/mol. The van der Waals surface area contributed by atoms with E-state index in [0.29, 0.717) is 68.5 Å². The molecule has 0 amide bonds. The Balaban J connectivity index is 1.48. The lowest BCUT2D eigenvalue weighted by atomic mass is 10.1. The number of aromatic nitrogens is 4. The Bertz CT molecular complexity index is 1250. The average Bonchev–Trinajstić information content (AvgIpc) is 2.95. The molecule has 0 aliphatic carbocycles. The molecule has 5 rings (SSSR count). The highest BCUT2D eigenvalue weighted by atomic mass is 16.6. The first-order valence-corrected chi connectivity index (χ1v) is 12.4. The van der Waals surface area contributed by atoms with Crippen LogP contribution in [-0.2, 0) is 4.74 Å². The first-order valence-electron chi connectivity index (χ1n) is 12.4. The third-order valence-corrected chi connectivity index (χ3v) is 6.36. The van der Waals surface area contributed by atoms with Crippen molar-refractivity contribution in [3.8, 4) is 22.9 Å². The second-order valence-corrected chi connectivity index (χ2v) is 9.06. The number of rotatable bonds is 8. The van der Waals surface area contributed by atoms with Crippen molar-refractivity contribution in [2.45, 2.75) is 6.92 Å². The minimum absolute atomic E-state index is 0.516. The third kappa shape index (κ3) is 5.41. The maximum atomic E-state index is 5.81. The molecule has 0 radical (unpaired) electrons. The molecule has 0 unspecified atom stereocenters. The van der Waals surface area contributed by atoms with Crippen molar-refractivity contribution in [3.63, 3.8) is 0 Å². The smallest absolute Gasteiger partial charge is 0.225 e. The Kier molecular flexibility index (Phi) is 7.31. The van der Waals surface area contributed by atoms with Gasteiger partial charge in [-0.05, 0) is 37.4 Å². The average molecular weight is 505 g/mol. The van der Waals surface area contributed by atoms with Gasteiger partial charge < -0.3 is 28.9 Å². The number of nitrogens with zero attached hydrogens (tertiary/aromatic N) is 8. The van der Waals surface area contributed by atoms with E-state index >= 15 is 0 Å². The van der Waals surface area contributed by atoms with Gasteiger partial charge in [0, 0.05) is 58.2 Å². The second-order valence-electron chi connectivity index (χ2n) is 9.06. The Morgan fingerprint density at radius 2 is 1.65 bits per heavy atom. The second kappa shape index (κ2) is 11.0. The van der Waals surface area contributed by atoms with E-state index in [1.165, 1.54) is 0 Å². The van der Waals surface area contributed by atoms with Gasteiger partial charge in [-0.1, -0.05) is 0 Å². The summed E-state index contributed by atoms with van der Waals surface area (Å²) < 4.78 is 17.1. The van der Waals surface area contributed by atoms with Crippen LogP contribution in [0.2, 0.25) is 0 Å². The fourth-order valence-electron chi connectivity index (χ4n) is 4.24. The van der Waals surface area contributed by atoms with Crippen molar-refractivity contribution >= 4 is 30.0 Å². The SMILES string of the molecule is C=Nc1c(N(C)CCN(C)c2ncc(C)cn2)nc(-c2ccc3c(c2)OCCO3)nc1N1CCOCC1. The Labute approximate surface area is 216 Å². The normalized spacial score (nSPS) is 14.8. The maximum absolute atomic E-state index is 5.81. The third-order valence-electron chi connectivity index (χ3n) is 6.36. The lowest BCUT2D eigenvalue weighted by Gasteiger charge is -2.31. The number of anilines is 3. The minimum Gasteiger partial charge on any atom is -0.486 e. The first kappa shape index (κ1) is 24.7. The van der Waals surface area contributed by atoms with Crippen LogP contribution in [0.15, 0.2) is 35.6 Å². The quantitative estimate of drug-likeness (QED) is 0.426. The van der Waals surface area contributed by atoms with Gasteiger partial charge in [-0.3, -0.25) is 4.99 Å². The summed E-state index contributed by atoms with van der Waals surface area (Å²) in [6, 6.07) is 5.79. The van der Waals surface area contributed by atoms with Crippen LogP contribution in [0.25, 0.3) is 11.4 Å². The van der Waals surface area contributed by atoms with Crippen LogP contribution in [0.1, 0.15) is 5.56 Å². The number of aliphatic imine (C=N–C) groups is 1. The summed E-state index contributed by atoms with van der Waals surface area (Å²) in [5.41, 5.74) is 2.52. The Hall–Kier alpha value is -3.99. The van der Waals surface area contributed by atoms with Gasteiger partial charge in [-0.2, -0.15) is 0 Å². The van der Waals surface area contributed by atoms with Crippen LogP contribution in [-0.4, -0.2) is 93.4 Å². The highest BCUT2D eigenvalue weighted by Gasteiger charge is 2.24. The van der Waals surface area contributed by atoms with Gasteiger partial charge in [-0.15, -0.1) is 0 Å². The van der Waals surface area contributed by atoms with Crippen molar-refractivity contribution in [2.75, 3.05) is 81.4 Å². The van der Waals surface area contributed by atoms with Crippen LogP contribution >= 0.6 is 0 Å². The van der Waals surface area contributed by atoms with Gasteiger partial charge in [0.1, 0.15) is 18.9 Å². The predicted octanol–water partition coefficient (Wildman–Crippen LogP) is 2.75. The summed E-state index contributed by atoms with van der Waals surface area (Å²) in [7, 11) is 3.97. The highest BCUT2D eigenvalue weighted by molar-refractivity contribution is 5.80. The molecule has 2 aromatic heterocycles. The van der Waals surface area contributed by atoms with Gasteiger partial charge in [0.15, 0.2) is 29.0 Å². The summed E-state index contributed by atoms with van der Waals surface area (Å²) in [4.78, 5) is 29.4. The highest BCUT2D eigenvalue weighted by Crippen LogP contribution is 2.39. The Morgan fingerprint density at radius 1 is 0.946 bits per heavy atom. The molecule has 0 atom stereocenters. The molecule has 0 N–H and O–H groups in total. The molecule has 1 saturated heterocycles. The minimum atomic E-state index is 0.516. The molecule has 3 aromatic rings. The lowest BCUT2D eigenvalue weighted by molar-refractivity contribution is 0.122. The monoisotopic (exact) mass is 504 g/mol. The van der Waals surface area contributed by atoms with Gasteiger partial charge in [0.05, 0.1) is 13.2 Å². The molecule has 2 aliphatic heterocycles. The van der Waals surface area contributed by atoms with Crippen molar-refractivity contribution < 1.29 is 14.2 Å². The zero-order valence-corrected chi connectivity index (χ0v) is 21.6. The van der Waals surface area contributed by atoms with Crippen LogP contribution < -0.4 is 24.2 Å². The molecule has 2 aliphatic rings. The van der Waals surface area contributed by atoms with E-state index in [-0.39, 0.29) is 0 Å². The number of hydrogen-bond donors (Lipinski definition) is 0. The largest absolute Gasteiger partial charge is 0.486 e. The van der Waals surface area contributed by atoms with Crippen molar-refractivity contribution in [3.05, 3.63) is 36.2 Å². The number of benzene rings is 1. The fourth-order valence-corrected chi connectivity index (χ4v) is 4.24. The number of hydrogen-bond acceptors (Lipinski definition) is 11. The molecule has 1 aromatic carbocycles. The molecule has 194 valence electrons. The summed E-state index contributed by atoms with van der Waals surface area (Å²) in [6.45, 7) is 10.9. The van der Waals surface area contributed by atoms with Gasteiger partial charge in [-0.25, -0.2) is 19.9 Å². The summed E-state index contributed by atoms with van der Waals surface area (Å²) in [5, 5.41) is 0. The number of fused-ring (bicyclic) bond motifs is 1. The molecule has 11 heteroatoms. The summed E-state index contributed by atoms with van der Waals surface area (Å²) >= 11 is 0. The molecule has 1 fully saturated rings. The Morgan fingerprint density at radius 3 is 2.38 bits per heavy atom. The van der Waals surface area contributed by atoms with Crippen LogP contribution in [0, 0.1) is 6.92 Å². The molecular weight excluding hydrogens is 472 g/mol. The molecule has 11 nitrogen and oxygen atoms in total. The van der Waals surface area contributed by atoms with E-state index in [4.69, 9.17) is 24.2 Å². The van der Waals surface area contributed by atoms with Crippen molar-refractivity contribution in [2.24, 2.45) is 4.99 Å². The summed E-state index contributed by atoms with van der Waals surface area (Å²) in [6.07, 6.45) is 3.64. The standard InChI is InChI=1S/C26H32N8O3/c1-18-16-28-26(29-17-18)33(4)8-7-32(3)24-22(27-2)25(34-9-11-35-12-10-34)31-23(30-24)19-5-6-20-21(15-19)37-14-13-36-20/h5-6,15-17H,2,7-14H2,1,3-4H3. The van der Waals surface area contributed by atoms with E-state index in [2.05, 4.69) is 31.5 Å². The van der Waals surface area contributed by atoms with E-state index in [1.807, 2.05) is 56.5 Å². The van der Waals surface area contributed by atoms with Gasteiger partial charge in [0.25, 0.3) is 0 Å². The topological polar surface area (TPSA) is 101 Å². The number of aryl methyl sites for hydroxylation is 1. The van der Waals surface area contributed by atoms with Crippen molar-refractivity contribution in [1.29, 1.82) is 0 Å². The molecule has 0 spiro atoms. The molecule has 4 heterocycles. The van der Waals surface area contributed by atoms with E-state index in [9.17, 15) is 0 Å². The molecular formula is C26H32N8O3. The van der Waals surface area contributed by atoms with Crippen LogP contribution in [0.3, 0.4) is 0 Å². The number of morpholine rings is 1. The lowest BCUT2D eigenvalue weighted by Crippen LogP contribution is -2.37. The number of ether oxygens (including phenoxy) is 3. The molecule has 37 heavy (non-hydrogen) atoms.